The first kappa shape index (κ1) is 15.6. The van der Waals surface area contributed by atoms with Crippen molar-refractivity contribution in [3.05, 3.63) is 18.2 Å². The topological polar surface area (TPSA) is 99.9 Å². The predicted molar refractivity (Wildman–Crippen MR) is 71.9 cm³/mol. The fraction of sp³-hybridized carbons (Fsp3) is 0.385. The fourth-order valence-electron chi connectivity index (χ4n) is 1.39. The van der Waals surface area contributed by atoms with Crippen LogP contribution in [-0.4, -0.2) is 39.2 Å². The van der Waals surface area contributed by atoms with Crippen LogP contribution in [0.15, 0.2) is 18.2 Å². The standard InChI is InChI=1S/C13H18N2O5/c1-18-9-5-10(19-2)7-11(6-9)20-8-13(17)15-4-3-12(14)16/h5-7H,3-4,8H2,1-2H3,(H2,14,16)(H,15,17). The van der Waals surface area contributed by atoms with Gasteiger partial charge in [-0.25, -0.2) is 0 Å². The monoisotopic (exact) mass is 282 g/mol. The van der Waals surface area contributed by atoms with Crippen LogP contribution in [0.5, 0.6) is 17.2 Å². The van der Waals surface area contributed by atoms with Gasteiger partial charge in [0.05, 0.1) is 14.2 Å². The SMILES string of the molecule is COc1cc(OC)cc(OCC(=O)NCCC(N)=O)c1. The van der Waals surface area contributed by atoms with Gasteiger partial charge in [0.2, 0.25) is 5.91 Å². The largest absolute Gasteiger partial charge is 0.496 e. The zero-order valence-corrected chi connectivity index (χ0v) is 11.5. The maximum absolute atomic E-state index is 11.5. The Balaban J connectivity index is 2.48. The number of carbonyl (C=O) groups excluding carboxylic acids is 2. The van der Waals surface area contributed by atoms with Crippen molar-refractivity contribution in [2.24, 2.45) is 5.73 Å². The first-order chi connectivity index (χ1) is 9.55. The number of benzene rings is 1. The molecule has 0 heterocycles. The second-order valence-corrected chi connectivity index (χ2v) is 3.90. The predicted octanol–water partition coefficient (Wildman–Crippen LogP) is 0.0742. The summed E-state index contributed by atoms with van der Waals surface area (Å²) in [5.41, 5.74) is 4.96. The molecule has 1 aromatic rings. The van der Waals surface area contributed by atoms with Crippen LogP contribution in [-0.2, 0) is 9.59 Å². The van der Waals surface area contributed by atoms with E-state index in [0.717, 1.165) is 0 Å². The van der Waals surface area contributed by atoms with Gasteiger partial charge in [-0.3, -0.25) is 9.59 Å². The highest BCUT2D eigenvalue weighted by Crippen LogP contribution is 2.27. The number of hydrogen-bond acceptors (Lipinski definition) is 5. The van der Waals surface area contributed by atoms with Crippen LogP contribution in [0.2, 0.25) is 0 Å². The van der Waals surface area contributed by atoms with Crippen molar-refractivity contribution in [2.45, 2.75) is 6.42 Å². The number of primary amides is 1. The maximum atomic E-state index is 11.5. The Morgan fingerprint density at radius 1 is 1.10 bits per heavy atom. The Labute approximate surface area is 117 Å². The van der Waals surface area contributed by atoms with Gasteiger partial charge >= 0.3 is 0 Å². The molecule has 7 nitrogen and oxygen atoms in total. The number of nitrogens with two attached hydrogens (primary N) is 1. The van der Waals surface area contributed by atoms with Crippen LogP contribution in [0.4, 0.5) is 0 Å². The molecule has 0 radical (unpaired) electrons. The molecule has 0 unspecified atom stereocenters. The minimum Gasteiger partial charge on any atom is -0.496 e. The van der Waals surface area contributed by atoms with Crippen LogP contribution in [0.3, 0.4) is 0 Å². The number of carbonyl (C=O) groups is 2. The Kier molecular flexibility index (Phi) is 6.15. The Hall–Kier alpha value is -2.44. The molecule has 0 aliphatic rings. The summed E-state index contributed by atoms with van der Waals surface area (Å²) >= 11 is 0. The molecule has 2 amide bonds. The number of hydrogen-bond donors (Lipinski definition) is 2. The van der Waals surface area contributed by atoms with Crippen LogP contribution in [0.25, 0.3) is 0 Å². The molecular weight excluding hydrogens is 264 g/mol. The molecule has 0 bridgehead atoms. The molecule has 0 aliphatic carbocycles. The molecule has 0 saturated heterocycles. The van der Waals surface area contributed by atoms with Crippen molar-refractivity contribution in [2.75, 3.05) is 27.4 Å². The van der Waals surface area contributed by atoms with E-state index in [2.05, 4.69) is 5.32 Å². The smallest absolute Gasteiger partial charge is 0.257 e. The molecule has 110 valence electrons. The van der Waals surface area contributed by atoms with E-state index in [1.54, 1.807) is 18.2 Å². The zero-order valence-electron chi connectivity index (χ0n) is 11.5. The lowest BCUT2D eigenvalue weighted by atomic mass is 10.3. The molecule has 1 aromatic carbocycles. The van der Waals surface area contributed by atoms with E-state index in [0.29, 0.717) is 17.2 Å². The van der Waals surface area contributed by atoms with Gasteiger partial charge in [0, 0.05) is 31.2 Å². The van der Waals surface area contributed by atoms with E-state index in [-0.39, 0.29) is 25.5 Å². The summed E-state index contributed by atoms with van der Waals surface area (Å²) in [6, 6.07) is 4.97. The normalized spacial score (nSPS) is 9.70. The van der Waals surface area contributed by atoms with E-state index in [9.17, 15) is 9.59 Å². The van der Waals surface area contributed by atoms with Crippen molar-refractivity contribution in [1.29, 1.82) is 0 Å². The van der Waals surface area contributed by atoms with Gasteiger partial charge < -0.3 is 25.3 Å². The van der Waals surface area contributed by atoms with Crippen molar-refractivity contribution >= 4 is 11.8 Å². The lowest BCUT2D eigenvalue weighted by Gasteiger charge is -2.10. The molecule has 0 saturated carbocycles. The molecule has 3 N–H and O–H groups in total. The van der Waals surface area contributed by atoms with Gasteiger partial charge in [-0.1, -0.05) is 0 Å². The number of rotatable bonds is 8. The minimum absolute atomic E-state index is 0.0960. The average molecular weight is 282 g/mol. The van der Waals surface area contributed by atoms with Gasteiger partial charge in [-0.15, -0.1) is 0 Å². The Bertz CT molecular complexity index is 454. The molecule has 20 heavy (non-hydrogen) atoms. The second kappa shape index (κ2) is 7.88. The van der Waals surface area contributed by atoms with Crippen LogP contribution in [0, 0.1) is 0 Å². The van der Waals surface area contributed by atoms with Gasteiger partial charge in [-0.05, 0) is 0 Å². The molecule has 1 rings (SSSR count). The van der Waals surface area contributed by atoms with Crippen molar-refractivity contribution < 1.29 is 23.8 Å². The summed E-state index contributed by atoms with van der Waals surface area (Å²) in [4.78, 5) is 22.0. The highest BCUT2D eigenvalue weighted by atomic mass is 16.5. The van der Waals surface area contributed by atoms with E-state index < -0.39 is 5.91 Å². The molecule has 0 fully saturated rings. The molecule has 0 aliphatic heterocycles. The first-order valence-electron chi connectivity index (χ1n) is 5.96. The number of ether oxygens (including phenoxy) is 3. The lowest BCUT2D eigenvalue weighted by molar-refractivity contribution is -0.123. The van der Waals surface area contributed by atoms with Gasteiger partial charge in [0.25, 0.3) is 5.91 Å². The third-order valence-corrected chi connectivity index (χ3v) is 2.39. The quantitative estimate of drug-likeness (QED) is 0.703. The molecule has 0 atom stereocenters. The number of nitrogens with one attached hydrogen (secondary N) is 1. The van der Waals surface area contributed by atoms with E-state index in [4.69, 9.17) is 19.9 Å². The maximum Gasteiger partial charge on any atom is 0.257 e. The average Bonchev–Trinajstić information content (AvgIpc) is 2.44. The summed E-state index contributed by atoms with van der Waals surface area (Å²) in [5, 5.41) is 2.51. The van der Waals surface area contributed by atoms with E-state index in [1.165, 1.54) is 14.2 Å². The van der Waals surface area contributed by atoms with Gasteiger partial charge in [-0.2, -0.15) is 0 Å². The van der Waals surface area contributed by atoms with Gasteiger partial charge in [0.1, 0.15) is 17.2 Å². The molecular formula is C13H18N2O5. The summed E-state index contributed by atoms with van der Waals surface area (Å²) in [6.07, 6.45) is 0.0960. The van der Waals surface area contributed by atoms with Crippen LogP contribution in [0.1, 0.15) is 6.42 Å². The summed E-state index contributed by atoms with van der Waals surface area (Å²) in [5.74, 6) is 0.769. The van der Waals surface area contributed by atoms with Crippen molar-refractivity contribution in [1.82, 2.24) is 5.32 Å². The van der Waals surface area contributed by atoms with E-state index >= 15 is 0 Å². The Morgan fingerprint density at radius 2 is 1.65 bits per heavy atom. The molecule has 0 spiro atoms. The van der Waals surface area contributed by atoms with Gasteiger partial charge in [0.15, 0.2) is 6.61 Å². The highest BCUT2D eigenvalue weighted by Gasteiger charge is 2.06. The molecule has 0 aromatic heterocycles. The highest BCUT2D eigenvalue weighted by molar-refractivity contribution is 5.79. The zero-order chi connectivity index (χ0) is 15.0. The fourth-order valence-corrected chi connectivity index (χ4v) is 1.39. The third-order valence-electron chi connectivity index (χ3n) is 2.39. The minimum atomic E-state index is -0.469. The first-order valence-corrected chi connectivity index (χ1v) is 5.96. The Morgan fingerprint density at radius 3 is 2.15 bits per heavy atom. The van der Waals surface area contributed by atoms with Crippen molar-refractivity contribution in [3.63, 3.8) is 0 Å². The van der Waals surface area contributed by atoms with Crippen molar-refractivity contribution in [3.8, 4) is 17.2 Å². The number of methoxy groups -OCH3 is 2. The lowest BCUT2D eigenvalue weighted by Crippen LogP contribution is -2.31. The number of amides is 2. The third kappa shape index (κ3) is 5.47. The van der Waals surface area contributed by atoms with Crippen LogP contribution >= 0.6 is 0 Å². The van der Waals surface area contributed by atoms with E-state index in [1.807, 2.05) is 0 Å². The van der Waals surface area contributed by atoms with Crippen LogP contribution < -0.4 is 25.3 Å². The second-order valence-electron chi connectivity index (χ2n) is 3.90. The summed E-state index contributed by atoms with van der Waals surface area (Å²) in [6.45, 7) is 0.0219. The summed E-state index contributed by atoms with van der Waals surface area (Å²) < 4.78 is 15.5. The molecule has 7 heteroatoms. The summed E-state index contributed by atoms with van der Waals surface area (Å²) in [7, 11) is 3.05.